The summed E-state index contributed by atoms with van der Waals surface area (Å²) in [4.78, 5) is 14.0. The molecule has 1 aromatic heterocycles. The van der Waals surface area contributed by atoms with Crippen LogP contribution in [0.15, 0.2) is 6.07 Å². The summed E-state index contributed by atoms with van der Waals surface area (Å²) in [6.45, 7) is 0.442. The van der Waals surface area contributed by atoms with E-state index in [4.69, 9.17) is 5.26 Å². The molecule has 1 aliphatic rings. The van der Waals surface area contributed by atoms with Crippen LogP contribution in [0.5, 0.6) is 0 Å². The lowest BCUT2D eigenvalue weighted by Gasteiger charge is -1.99. The van der Waals surface area contributed by atoms with E-state index in [1.807, 2.05) is 12.1 Å². The minimum Gasteiger partial charge on any atom is -0.350 e. The molecule has 0 bridgehead atoms. The zero-order valence-electron chi connectivity index (χ0n) is 9.79. The molecule has 1 aromatic rings. The molecule has 0 radical (unpaired) electrons. The highest BCUT2D eigenvalue weighted by molar-refractivity contribution is 7.14. The van der Waals surface area contributed by atoms with Gasteiger partial charge < -0.3 is 5.32 Å². The van der Waals surface area contributed by atoms with Crippen LogP contribution in [0.2, 0.25) is 0 Å². The highest BCUT2D eigenvalue weighted by Crippen LogP contribution is 2.28. The van der Waals surface area contributed by atoms with Gasteiger partial charge >= 0.3 is 0 Å². The summed E-state index contributed by atoms with van der Waals surface area (Å²) < 4.78 is 0. The lowest BCUT2D eigenvalue weighted by atomic mass is 10.1. The van der Waals surface area contributed by atoms with Crippen molar-refractivity contribution in [3.05, 3.63) is 21.4 Å². The van der Waals surface area contributed by atoms with E-state index in [2.05, 4.69) is 5.32 Å². The molecule has 0 spiro atoms. The van der Waals surface area contributed by atoms with Gasteiger partial charge in [0.2, 0.25) is 0 Å². The molecule has 0 saturated heterocycles. The van der Waals surface area contributed by atoms with Crippen LogP contribution in [0.4, 0.5) is 0 Å². The van der Waals surface area contributed by atoms with Gasteiger partial charge in [0.25, 0.3) is 5.91 Å². The third-order valence-corrected chi connectivity index (χ3v) is 4.23. The Kier molecular flexibility index (Phi) is 4.16. The van der Waals surface area contributed by atoms with E-state index < -0.39 is 0 Å². The zero-order chi connectivity index (χ0) is 12.1. The van der Waals surface area contributed by atoms with E-state index in [1.165, 1.54) is 29.7 Å². The van der Waals surface area contributed by atoms with E-state index in [9.17, 15) is 4.79 Å². The minimum atomic E-state index is -0.0293. The molecule has 1 aliphatic carbocycles. The standard InChI is InChI=1S/C13H16N2OS/c14-7-4-8-15-13(16)12-9-10-5-2-1-3-6-11(10)17-12/h9H,1-6,8H2,(H,15,16). The monoisotopic (exact) mass is 248 g/mol. The molecule has 90 valence electrons. The van der Waals surface area contributed by atoms with Gasteiger partial charge in [0.05, 0.1) is 17.4 Å². The highest BCUT2D eigenvalue weighted by atomic mass is 32.1. The molecule has 0 aliphatic heterocycles. The molecule has 2 rings (SSSR count). The molecular weight excluding hydrogens is 232 g/mol. The van der Waals surface area contributed by atoms with Gasteiger partial charge in [0.15, 0.2) is 0 Å². The number of carbonyl (C=O) groups excluding carboxylic acids is 1. The van der Waals surface area contributed by atoms with Crippen LogP contribution in [-0.4, -0.2) is 12.5 Å². The molecular formula is C13H16N2OS. The fourth-order valence-electron chi connectivity index (χ4n) is 2.10. The normalized spacial score (nSPS) is 14.5. The summed E-state index contributed by atoms with van der Waals surface area (Å²) in [5, 5.41) is 11.2. The van der Waals surface area contributed by atoms with Crippen LogP contribution < -0.4 is 5.32 Å². The average Bonchev–Trinajstić information content (AvgIpc) is 2.61. The maximum atomic E-state index is 11.8. The topological polar surface area (TPSA) is 52.9 Å². The van der Waals surface area contributed by atoms with Crippen LogP contribution >= 0.6 is 11.3 Å². The molecule has 1 amide bonds. The first-order valence-electron chi connectivity index (χ1n) is 6.08. The molecule has 1 heterocycles. The number of thiophene rings is 1. The molecule has 0 fully saturated rings. The highest BCUT2D eigenvalue weighted by Gasteiger charge is 2.15. The largest absolute Gasteiger partial charge is 0.350 e. The first kappa shape index (κ1) is 12.1. The van der Waals surface area contributed by atoms with Crippen molar-refractivity contribution in [3.63, 3.8) is 0 Å². The molecule has 17 heavy (non-hydrogen) atoms. The molecule has 0 atom stereocenters. The van der Waals surface area contributed by atoms with Crippen LogP contribution in [0.25, 0.3) is 0 Å². The number of hydrogen-bond donors (Lipinski definition) is 1. The van der Waals surface area contributed by atoms with Crippen molar-refractivity contribution in [1.82, 2.24) is 5.32 Å². The van der Waals surface area contributed by atoms with E-state index in [0.717, 1.165) is 17.7 Å². The summed E-state index contributed by atoms with van der Waals surface area (Å²) in [6, 6.07) is 4.06. The first-order chi connectivity index (χ1) is 8.31. The molecule has 0 aromatic carbocycles. The lowest BCUT2D eigenvalue weighted by molar-refractivity contribution is 0.0958. The third kappa shape index (κ3) is 3.07. The number of nitrogens with zero attached hydrogens (tertiary/aromatic N) is 1. The predicted molar refractivity (Wildman–Crippen MR) is 68.1 cm³/mol. The van der Waals surface area contributed by atoms with E-state index in [0.29, 0.717) is 13.0 Å². The van der Waals surface area contributed by atoms with Gasteiger partial charge in [-0.3, -0.25) is 4.79 Å². The van der Waals surface area contributed by atoms with Crippen LogP contribution in [0.1, 0.15) is 45.8 Å². The van der Waals surface area contributed by atoms with Crippen molar-refractivity contribution in [3.8, 4) is 6.07 Å². The Labute approximate surface area is 105 Å². The first-order valence-corrected chi connectivity index (χ1v) is 6.89. The smallest absolute Gasteiger partial charge is 0.261 e. The lowest BCUT2D eigenvalue weighted by Crippen LogP contribution is -2.23. The fraction of sp³-hybridized carbons (Fsp3) is 0.538. The Morgan fingerprint density at radius 1 is 1.41 bits per heavy atom. The number of rotatable bonds is 3. The van der Waals surface area contributed by atoms with Gasteiger partial charge in [-0.2, -0.15) is 5.26 Å². The van der Waals surface area contributed by atoms with Gasteiger partial charge in [-0.1, -0.05) is 6.42 Å². The molecule has 1 N–H and O–H groups in total. The van der Waals surface area contributed by atoms with E-state index in [-0.39, 0.29) is 5.91 Å². The summed E-state index contributed by atoms with van der Waals surface area (Å²) in [5.74, 6) is -0.0293. The zero-order valence-corrected chi connectivity index (χ0v) is 10.6. The summed E-state index contributed by atoms with van der Waals surface area (Å²) in [5.41, 5.74) is 1.36. The molecule has 4 heteroatoms. The fourth-order valence-corrected chi connectivity index (χ4v) is 3.27. The van der Waals surface area contributed by atoms with Crippen LogP contribution in [0.3, 0.4) is 0 Å². The van der Waals surface area contributed by atoms with Crippen molar-refractivity contribution >= 4 is 17.2 Å². The number of nitriles is 1. The van der Waals surface area contributed by atoms with Crippen molar-refractivity contribution in [2.75, 3.05) is 6.54 Å². The van der Waals surface area contributed by atoms with E-state index in [1.54, 1.807) is 11.3 Å². The predicted octanol–water partition coefficient (Wildman–Crippen LogP) is 2.66. The second kappa shape index (κ2) is 5.83. The summed E-state index contributed by atoms with van der Waals surface area (Å²) in [6.07, 6.45) is 6.37. The number of carbonyl (C=O) groups is 1. The maximum Gasteiger partial charge on any atom is 0.261 e. The SMILES string of the molecule is N#CCCNC(=O)c1cc2c(s1)CCCCC2. The van der Waals surface area contributed by atoms with Gasteiger partial charge in [-0.15, -0.1) is 11.3 Å². The Morgan fingerprint density at radius 2 is 2.24 bits per heavy atom. The number of amides is 1. The molecule has 3 nitrogen and oxygen atoms in total. The van der Waals surface area contributed by atoms with Crippen LogP contribution in [0, 0.1) is 11.3 Å². The quantitative estimate of drug-likeness (QED) is 0.660. The Bertz CT molecular complexity index is 421. The number of fused-ring (bicyclic) bond motifs is 1. The van der Waals surface area contributed by atoms with Crippen molar-refractivity contribution in [1.29, 1.82) is 5.26 Å². The van der Waals surface area contributed by atoms with Gasteiger partial charge in [0.1, 0.15) is 0 Å². The number of aryl methyl sites for hydroxylation is 2. The summed E-state index contributed by atoms with van der Waals surface area (Å²) in [7, 11) is 0. The van der Waals surface area contributed by atoms with Gasteiger partial charge in [-0.25, -0.2) is 0 Å². The molecule has 0 saturated carbocycles. The number of hydrogen-bond acceptors (Lipinski definition) is 3. The van der Waals surface area contributed by atoms with Crippen molar-refractivity contribution in [2.45, 2.75) is 38.5 Å². The Hall–Kier alpha value is -1.34. The second-order valence-corrected chi connectivity index (χ2v) is 5.42. The average molecular weight is 248 g/mol. The second-order valence-electron chi connectivity index (χ2n) is 4.28. The Morgan fingerprint density at radius 3 is 3.06 bits per heavy atom. The Balaban J connectivity index is 2.02. The molecule has 0 unspecified atom stereocenters. The van der Waals surface area contributed by atoms with Gasteiger partial charge in [0, 0.05) is 11.4 Å². The van der Waals surface area contributed by atoms with Crippen LogP contribution in [-0.2, 0) is 12.8 Å². The van der Waals surface area contributed by atoms with Crippen molar-refractivity contribution in [2.24, 2.45) is 0 Å². The van der Waals surface area contributed by atoms with Crippen molar-refractivity contribution < 1.29 is 4.79 Å². The number of nitrogens with one attached hydrogen (secondary N) is 1. The minimum absolute atomic E-state index is 0.0293. The summed E-state index contributed by atoms with van der Waals surface area (Å²) >= 11 is 1.62. The maximum absolute atomic E-state index is 11.8. The van der Waals surface area contributed by atoms with Gasteiger partial charge in [-0.05, 0) is 37.3 Å². The third-order valence-electron chi connectivity index (χ3n) is 2.99. The van der Waals surface area contributed by atoms with E-state index >= 15 is 0 Å².